The molecule has 0 bridgehead atoms. The summed E-state index contributed by atoms with van der Waals surface area (Å²) >= 11 is 0. The Bertz CT molecular complexity index is 621. The molecule has 0 spiro atoms. The number of rotatable bonds is 2. The fourth-order valence-electron chi connectivity index (χ4n) is 3.55. The highest BCUT2D eigenvalue weighted by Gasteiger charge is 2.29. The molecule has 1 N–H and O–H groups in total. The maximum Gasteiger partial charge on any atom is 0.127 e. The minimum atomic E-state index is 0.0479. The number of para-hydroxylation sites is 2. The topological polar surface area (TPSA) is 29.9 Å². The minimum absolute atomic E-state index is 0.0479. The second kappa shape index (κ2) is 5.45. The molecule has 1 aromatic heterocycles. The van der Waals surface area contributed by atoms with Gasteiger partial charge in [-0.05, 0) is 58.2 Å². The first-order valence-electron chi connectivity index (χ1n) is 8.22. The van der Waals surface area contributed by atoms with Crippen molar-refractivity contribution in [3.05, 3.63) is 30.1 Å². The molecular weight excluding hydrogens is 258 g/mol. The van der Waals surface area contributed by atoms with Gasteiger partial charge in [-0.3, -0.25) is 0 Å². The van der Waals surface area contributed by atoms with Crippen molar-refractivity contribution in [2.24, 2.45) is 5.92 Å². The van der Waals surface area contributed by atoms with E-state index in [-0.39, 0.29) is 5.54 Å². The second-order valence-electron chi connectivity index (χ2n) is 7.27. The van der Waals surface area contributed by atoms with Gasteiger partial charge in [0, 0.05) is 5.54 Å². The van der Waals surface area contributed by atoms with Crippen LogP contribution in [0.25, 0.3) is 11.0 Å². The largest absolute Gasteiger partial charge is 0.321 e. The lowest BCUT2D eigenvalue weighted by molar-refractivity contribution is 0.273. The zero-order valence-electron chi connectivity index (χ0n) is 13.7. The predicted octanol–water partition coefficient (Wildman–Crippen LogP) is 4.24. The first kappa shape index (κ1) is 14.6. The van der Waals surface area contributed by atoms with Crippen LogP contribution >= 0.6 is 0 Å². The number of imidazole rings is 1. The van der Waals surface area contributed by atoms with E-state index in [0.29, 0.717) is 6.04 Å². The first-order chi connectivity index (χ1) is 10.0. The average molecular weight is 285 g/mol. The molecule has 1 aromatic carbocycles. The Kier molecular flexibility index (Phi) is 3.78. The standard InChI is InChI=1S/C18H27N3/c1-5-13-10-11-19-15(12-13)17-20-14-8-6-7-9-16(14)21(17)18(2,3)4/h6-9,13,15,19H,5,10-12H2,1-4H3. The summed E-state index contributed by atoms with van der Waals surface area (Å²) in [5.74, 6) is 2.03. The third-order valence-corrected chi connectivity index (χ3v) is 4.66. The van der Waals surface area contributed by atoms with E-state index >= 15 is 0 Å². The Hall–Kier alpha value is -1.35. The summed E-state index contributed by atoms with van der Waals surface area (Å²) in [7, 11) is 0. The highest BCUT2D eigenvalue weighted by Crippen LogP contribution is 2.33. The smallest absolute Gasteiger partial charge is 0.127 e. The lowest BCUT2D eigenvalue weighted by Crippen LogP contribution is -2.36. The SMILES string of the molecule is CCC1CCNC(c2nc3ccccc3n2C(C)(C)C)C1. The molecule has 3 nitrogen and oxygen atoms in total. The molecule has 21 heavy (non-hydrogen) atoms. The minimum Gasteiger partial charge on any atom is -0.321 e. The van der Waals surface area contributed by atoms with Crippen LogP contribution in [0, 0.1) is 5.92 Å². The van der Waals surface area contributed by atoms with E-state index in [1.54, 1.807) is 0 Å². The highest BCUT2D eigenvalue weighted by molar-refractivity contribution is 5.76. The predicted molar refractivity (Wildman–Crippen MR) is 88.5 cm³/mol. The number of benzene rings is 1. The molecule has 2 aromatic rings. The molecule has 2 heterocycles. The van der Waals surface area contributed by atoms with Gasteiger partial charge in [0.25, 0.3) is 0 Å². The van der Waals surface area contributed by atoms with Crippen LogP contribution in [0.2, 0.25) is 0 Å². The van der Waals surface area contributed by atoms with Gasteiger partial charge < -0.3 is 9.88 Å². The molecule has 0 aliphatic carbocycles. The van der Waals surface area contributed by atoms with Gasteiger partial charge in [0.15, 0.2) is 0 Å². The van der Waals surface area contributed by atoms with Crippen molar-refractivity contribution in [2.45, 2.75) is 58.5 Å². The van der Waals surface area contributed by atoms with Crippen LogP contribution in [-0.4, -0.2) is 16.1 Å². The van der Waals surface area contributed by atoms with Crippen molar-refractivity contribution < 1.29 is 0 Å². The third-order valence-electron chi connectivity index (χ3n) is 4.66. The van der Waals surface area contributed by atoms with Crippen LogP contribution < -0.4 is 5.32 Å². The number of aromatic nitrogens is 2. The van der Waals surface area contributed by atoms with Gasteiger partial charge >= 0.3 is 0 Å². The Morgan fingerprint density at radius 1 is 1.29 bits per heavy atom. The summed E-state index contributed by atoms with van der Waals surface area (Å²) < 4.78 is 2.43. The quantitative estimate of drug-likeness (QED) is 0.894. The first-order valence-corrected chi connectivity index (χ1v) is 8.22. The van der Waals surface area contributed by atoms with E-state index in [4.69, 9.17) is 4.98 Å². The molecule has 114 valence electrons. The molecule has 2 atom stereocenters. The van der Waals surface area contributed by atoms with Crippen molar-refractivity contribution in [3.63, 3.8) is 0 Å². The molecule has 3 rings (SSSR count). The number of piperidine rings is 1. The Labute approximate surface area is 127 Å². The van der Waals surface area contributed by atoms with Crippen LogP contribution in [0.4, 0.5) is 0 Å². The lowest BCUT2D eigenvalue weighted by atomic mass is 9.90. The Morgan fingerprint density at radius 2 is 2.05 bits per heavy atom. The van der Waals surface area contributed by atoms with Gasteiger partial charge in [0.1, 0.15) is 5.82 Å². The van der Waals surface area contributed by atoms with Crippen LogP contribution in [0.1, 0.15) is 58.8 Å². The zero-order chi connectivity index (χ0) is 15.0. The monoisotopic (exact) mass is 285 g/mol. The lowest BCUT2D eigenvalue weighted by Gasteiger charge is -2.33. The normalized spacial score (nSPS) is 23.6. The van der Waals surface area contributed by atoms with Crippen LogP contribution in [0.5, 0.6) is 0 Å². The Morgan fingerprint density at radius 3 is 2.76 bits per heavy atom. The zero-order valence-corrected chi connectivity index (χ0v) is 13.7. The summed E-state index contributed by atoms with van der Waals surface area (Å²) in [5.41, 5.74) is 2.41. The molecule has 0 amide bonds. The van der Waals surface area contributed by atoms with E-state index in [0.717, 1.165) is 18.0 Å². The number of hydrogen-bond donors (Lipinski definition) is 1. The highest BCUT2D eigenvalue weighted by atomic mass is 15.2. The summed E-state index contributed by atoms with van der Waals surface area (Å²) in [6.45, 7) is 10.2. The number of hydrogen-bond acceptors (Lipinski definition) is 2. The van der Waals surface area contributed by atoms with Gasteiger partial charge in [-0.1, -0.05) is 25.5 Å². The fraction of sp³-hybridized carbons (Fsp3) is 0.611. The molecule has 1 fully saturated rings. The molecule has 2 unspecified atom stereocenters. The molecule has 1 aliphatic heterocycles. The summed E-state index contributed by atoms with van der Waals surface area (Å²) in [6, 6.07) is 8.89. The van der Waals surface area contributed by atoms with Crippen LogP contribution in [0.15, 0.2) is 24.3 Å². The number of nitrogens with one attached hydrogen (secondary N) is 1. The van der Waals surface area contributed by atoms with E-state index < -0.39 is 0 Å². The van der Waals surface area contributed by atoms with E-state index in [2.05, 4.69) is 61.8 Å². The van der Waals surface area contributed by atoms with Gasteiger partial charge in [-0.15, -0.1) is 0 Å². The maximum absolute atomic E-state index is 4.97. The van der Waals surface area contributed by atoms with Crippen molar-refractivity contribution in [3.8, 4) is 0 Å². The van der Waals surface area contributed by atoms with Crippen LogP contribution in [0.3, 0.4) is 0 Å². The van der Waals surface area contributed by atoms with Gasteiger partial charge in [-0.2, -0.15) is 0 Å². The third kappa shape index (κ3) is 2.71. The van der Waals surface area contributed by atoms with Gasteiger partial charge in [0.2, 0.25) is 0 Å². The summed E-state index contributed by atoms with van der Waals surface area (Å²) in [4.78, 5) is 4.97. The van der Waals surface area contributed by atoms with Crippen molar-refractivity contribution in [1.29, 1.82) is 0 Å². The van der Waals surface area contributed by atoms with Gasteiger partial charge in [0.05, 0.1) is 17.1 Å². The van der Waals surface area contributed by atoms with Crippen LogP contribution in [-0.2, 0) is 5.54 Å². The van der Waals surface area contributed by atoms with Crippen molar-refractivity contribution >= 4 is 11.0 Å². The van der Waals surface area contributed by atoms with E-state index in [1.165, 1.54) is 30.6 Å². The molecular formula is C18H27N3. The summed E-state index contributed by atoms with van der Waals surface area (Å²) in [5, 5.41) is 3.69. The summed E-state index contributed by atoms with van der Waals surface area (Å²) in [6.07, 6.45) is 3.77. The second-order valence-corrected chi connectivity index (χ2v) is 7.27. The fourth-order valence-corrected chi connectivity index (χ4v) is 3.55. The molecule has 3 heteroatoms. The van der Waals surface area contributed by atoms with Crippen molar-refractivity contribution in [1.82, 2.24) is 14.9 Å². The van der Waals surface area contributed by atoms with Gasteiger partial charge in [-0.25, -0.2) is 4.98 Å². The number of nitrogens with zero attached hydrogens (tertiary/aromatic N) is 2. The number of fused-ring (bicyclic) bond motifs is 1. The van der Waals surface area contributed by atoms with E-state index in [1.807, 2.05) is 0 Å². The molecule has 1 saturated heterocycles. The van der Waals surface area contributed by atoms with Crippen molar-refractivity contribution in [2.75, 3.05) is 6.54 Å². The maximum atomic E-state index is 4.97. The Balaban J connectivity index is 2.09. The molecule has 1 aliphatic rings. The average Bonchev–Trinajstić information content (AvgIpc) is 2.86. The molecule has 0 saturated carbocycles. The molecule has 0 radical (unpaired) electrons. The van der Waals surface area contributed by atoms with E-state index in [9.17, 15) is 0 Å².